The number of aliphatic carboxylic acids is 1. The zero-order valence-corrected chi connectivity index (χ0v) is 14.1. The molecule has 0 aromatic carbocycles. The van der Waals surface area contributed by atoms with Crippen LogP contribution in [0.4, 0.5) is 0 Å². The van der Waals surface area contributed by atoms with Crippen LogP contribution in [0.15, 0.2) is 0 Å². The van der Waals surface area contributed by atoms with Crippen molar-refractivity contribution < 1.29 is 23.1 Å². The first kappa shape index (κ1) is 16.7. The molecule has 0 aliphatic carbocycles. The third-order valence-corrected chi connectivity index (χ3v) is 7.37. The predicted molar refractivity (Wildman–Crippen MR) is 81.7 cm³/mol. The highest BCUT2D eigenvalue weighted by Gasteiger charge is 2.60. The monoisotopic (exact) mass is 345 g/mol. The number of piperidine rings is 1. The number of hydrogen-bond donors (Lipinski definition) is 1. The number of rotatable bonds is 3. The Balaban J connectivity index is 1.82. The summed E-state index contributed by atoms with van der Waals surface area (Å²) in [6.07, 6.45) is 2.72. The number of carbonyl (C=O) groups excluding carboxylic acids is 1. The topological polar surface area (TPSA) is 98.2 Å². The fourth-order valence-corrected chi connectivity index (χ4v) is 5.80. The van der Waals surface area contributed by atoms with Gasteiger partial charge < -0.3 is 10.0 Å². The van der Waals surface area contributed by atoms with Crippen LogP contribution >= 0.6 is 0 Å². The first-order valence-corrected chi connectivity index (χ1v) is 9.41. The van der Waals surface area contributed by atoms with Gasteiger partial charge in [-0.25, -0.2) is 0 Å². The van der Waals surface area contributed by atoms with Crippen LogP contribution in [0.1, 0.15) is 26.2 Å². The first-order chi connectivity index (χ1) is 10.8. The van der Waals surface area contributed by atoms with Crippen molar-refractivity contribution in [3.05, 3.63) is 0 Å². The minimum Gasteiger partial charge on any atom is -0.481 e. The van der Waals surface area contributed by atoms with E-state index in [9.17, 15) is 23.1 Å². The molecule has 3 aliphatic heterocycles. The number of hydrogen-bond acceptors (Lipinski definition) is 4. The summed E-state index contributed by atoms with van der Waals surface area (Å²) in [7, 11) is -3.61. The van der Waals surface area contributed by atoms with Crippen LogP contribution in [0.3, 0.4) is 0 Å². The summed E-state index contributed by atoms with van der Waals surface area (Å²) in [5.74, 6) is -1.52. The zero-order valence-electron chi connectivity index (χ0n) is 13.3. The van der Waals surface area contributed by atoms with Gasteiger partial charge in [0.05, 0.1) is 0 Å². The lowest BCUT2D eigenvalue weighted by atomic mass is 9.81. The number of nitrogens with zero attached hydrogens (tertiary/aromatic N) is 3. The van der Waals surface area contributed by atoms with Gasteiger partial charge >= 0.3 is 5.97 Å². The van der Waals surface area contributed by atoms with Gasteiger partial charge in [-0.3, -0.25) is 9.59 Å². The summed E-state index contributed by atoms with van der Waals surface area (Å²) in [6.45, 7) is 2.96. The van der Waals surface area contributed by atoms with Crippen LogP contribution in [0.5, 0.6) is 0 Å². The van der Waals surface area contributed by atoms with Crippen LogP contribution in [-0.4, -0.2) is 78.2 Å². The summed E-state index contributed by atoms with van der Waals surface area (Å²) >= 11 is 0. The van der Waals surface area contributed by atoms with Gasteiger partial charge in [0, 0.05) is 52.1 Å². The van der Waals surface area contributed by atoms with E-state index in [-0.39, 0.29) is 31.5 Å². The van der Waals surface area contributed by atoms with E-state index < -0.39 is 21.6 Å². The molecule has 23 heavy (non-hydrogen) atoms. The standard InChI is InChI=1S/C14H23N3O5S/c1-11(18)15-7-12-8-17(10-14(12,9-15)13(19)20)23(21,22)16-5-3-2-4-6-16/h12H,2-10H2,1H3,(H,19,20)/t12-,14-/m0/s1. The van der Waals surface area contributed by atoms with Crippen molar-refractivity contribution >= 4 is 22.1 Å². The van der Waals surface area contributed by atoms with E-state index in [4.69, 9.17) is 0 Å². The molecule has 9 heteroatoms. The molecule has 3 saturated heterocycles. The predicted octanol–water partition coefficient (Wildman–Crippen LogP) is -0.418. The van der Waals surface area contributed by atoms with Crippen molar-refractivity contribution in [3.63, 3.8) is 0 Å². The lowest BCUT2D eigenvalue weighted by Gasteiger charge is -2.31. The van der Waals surface area contributed by atoms with Crippen molar-refractivity contribution in [3.8, 4) is 0 Å². The Kier molecular flexibility index (Phi) is 4.14. The Morgan fingerprint density at radius 1 is 1.04 bits per heavy atom. The second-order valence-corrected chi connectivity index (χ2v) is 8.75. The number of carboxylic acid groups (broad SMARTS) is 1. The summed E-state index contributed by atoms with van der Waals surface area (Å²) in [6, 6.07) is 0. The van der Waals surface area contributed by atoms with Crippen molar-refractivity contribution in [2.45, 2.75) is 26.2 Å². The normalized spacial score (nSPS) is 32.9. The molecule has 0 aromatic heterocycles. The third kappa shape index (κ3) is 2.64. The van der Waals surface area contributed by atoms with Crippen LogP contribution in [0.2, 0.25) is 0 Å². The van der Waals surface area contributed by atoms with E-state index in [0.29, 0.717) is 19.6 Å². The molecule has 0 bridgehead atoms. The van der Waals surface area contributed by atoms with Crippen LogP contribution in [0, 0.1) is 11.3 Å². The fourth-order valence-electron chi connectivity index (χ4n) is 4.00. The van der Waals surface area contributed by atoms with Gasteiger partial charge in [0.2, 0.25) is 5.91 Å². The Morgan fingerprint density at radius 2 is 1.70 bits per heavy atom. The minimum atomic E-state index is -3.61. The molecule has 130 valence electrons. The summed E-state index contributed by atoms with van der Waals surface area (Å²) < 4.78 is 28.3. The number of fused-ring (bicyclic) bond motifs is 1. The van der Waals surface area contributed by atoms with E-state index in [1.54, 1.807) is 0 Å². The maximum Gasteiger partial charge on any atom is 0.313 e. The molecule has 1 amide bonds. The SMILES string of the molecule is CC(=O)N1C[C@H]2CN(S(=O)(=O)N3CCCCC3)C[C@@]2(C(=O)O)C1. The lowest BCUT2D eigenvalue weighted by molar-refractivity contribution is -0.148. The zero-order chi connectivity index (χ0) is 16.8. The lowest BCUT2D eigenvalue weighted by Crippen LogP contribution is -2.48. The first-order valence-electron chi connectivity index (χ1n) is 8.01. The van der Waals surface area contributed by atoms with Crippen LogP contribution in [-0.2, 0) is 19.8 Å². The second-order valence-electron chi connectivity index (χ2n) is 6.82. The molecule has 0 aromatic rings. The quantitative estimate of drug-likeness (QED) is 0.749. The Bertz CT molecular complexity index is 616. The van der Waals surface area contributed by atoms with Crippen molar-refractivity contribution in [1.29, 1.82) is 0 Å². The van der Waals surface area contributed by atoms with E-state index in [1.807, 2.05) is 0 Å². The van der Waals surface area contributed by atoms with Crippen molar-refractivity contribution in [2.75, 3.05) is 39.3 Å². The van der Waals surface area contributed by atoms with E-state index in [1.165, 1.54) is 20.4 Å². The molecule has 3 fully saturated rings. The highest BCUT2D eigenvalue weighted by Crippen LogP contribution is 2.44. The van der Waals surface area contributed by atoms with Gasteiger partial charge in [-0.05, 0) is 12.8 Å². The molecule has 0 unspecified atom stereocenters. The number of carboxylic acids is 1. The van der Waals surface area contributed by atoms with Crippen LogP contribution < -0.4 is 0 Å². The Hall–Kier alpha value is -1.19. The second kappa shape index (κ2) is 5.71. The van der Waals surface area contributed by atoms with Crippen molar-refractivity contribution in [2.24, 2.45) is 11.3 Å². The van der Waals surface area contributed by atoms with Gasteiger partial charge in [-0.15, -0.1) is 0 Å². The molecule has 8 nitrogen and oxygen atoms in total. The Morgan fingerprint density at radius 3 is 2.22 bits per heavy atom. The molecule has 1 N–H and O–H groups in total. The van der Waals surface area contributed by atoms with E-state index in [2.05, 4.69) is 0 Å². The van der Waals surface area contributed by atoms with E-state index >= 15 is 0 Å². The molecular weight excluding hydrogens is 322 g/mol. The molecule has 0 radical (unpaired) electrons. The molecular formula is C14H23N3O5S. The highest BCUT2D eigenvalue weighted by atomic mass is 32.2. The average Bonchev–Trinajstić information content (AvgIpc) is 3.03. The third-order valence-electron chi connectivity index (χ3n) is 5.42. The number of amides is 1. The molecule has 2 atom stereocenters. The molecule has 3 rings (SSSR count). The average molecular weight is 345 g/mol. The molecule has 3 heterocycles. The molecule has 3 aliphatic rings. The maximum absolute atomic E-state index is 12.8. The maximum atomic E-state index is 12.8. The van der Waals surface area contributed by atoms with Crippen LogP contribution in [0.25, 0.3) is 0 Å². The minimum absolute atomic E-state index is 0.0460. The Labute approximate surface area is 136 Å². The smallest absolute Gasteiger partial charge is 0.313 e. The summed E-state index contributed by atoms with van der Waals surface area (Å²) in [5.41, 5.74) is -1.17. The largest absolute Gasteiger partial charge is 0.481 e. The van der Waals surface area contributed by atoms with Gasteiger partial charge in [-0.2, -0.15) is 17.0 Å². The highest BCUT2D eigenvalue weighted by molar-refractivity contribution is 7.86. The van der Waals surface area contributed by atoms with Gasteiger partial charge in [0.1, 0.15) is 5.41 Å². The molecule has 0 spiro atoms. The summed E-state index contributed by atoms with van der Waals surface area (Å²) in [5, 5.41) is 9.69. The van der Waals surface area contributed by atoms with Gasteiger partial charge in [0.25, 0.3) is 10.2 Å². The molecule has 0 saturated carbocycles. The summed E-state index contributed by atoms with van der Waals surface area (Å²) in [4.78, 5) is 24.9. The number of likely N-dealkylation sites (tertiary alicyclic amines) is 1. The fraction of sp³-hybridized carbons (Fsp3) is 0.857. The number of carbonyl (C=O) groups is 2. The van der Waals surface area contributed by atoms with Gasteiger partial charge in [-0.1, -0.05) is 6.42 Å². The van der Waals surface area contributed by atoms with Crippen molar-refractivity contribution in [1.82, 2.24) is 13.5 Å². The van der Waals surface area contributed by atoms with Gasteiger partial charge in [0.15, 0.2) is 0 Å². The van der Waals surface area contributed by atoms with E-state index in [0.717, 1.165) is 19.3 Å².